The molecule has 0 unspecified atom stereocenters. The minimum absolute atomic E-state index is 0. The minimum atomic E-state index is -1.14. The van der Waals surface area contributed by atoms with Crippen molar-refractivity contribution in [2.45, 2.75) is 77.6 Å². The van der Waals surface area contributed by atoms with Crippen LogP contribution in [0.3, 0.4) is 0 Å². The molecule has 1 atom stereocenters. The number of halogens is 1. The van der Waals surface area contributed by atoms with Gasteiger partial charge in [-0.05, 0) is 74.1 Å². The Hall–Kier alpha value is -1.93. The average Bonchev–Trinajstić information content (AvgIpc) is 3.44. The molecule has 1 fully saturated rings. The van der Waals surface area contributed by atoms with E-state index < -0.39 is 5.97 Å². The van der Waals surface area contributed by atoms with E-state index in [9.17, 15) is 14.7 Å². The normalized spacial score (nSPS) is 14.0. The molecule has 4 rings (SSSR count). The van der Waals surface area contributed by atoms with E-state index in [1.165, 1.54) is 0 Å². The van der Waals surface area contributed by atoms with Crippen LogP contribution in [0.4, 0.5) is 0 Å². The number of rotatable bonds is 12. The first kappa shape index (κ1) is 29.6. The predicted molar refractivity (Wildman–Crippen MR) is 136 cm³/mol. The third-order valence-corrected chi connectivity index (χ3v) is 7.03. The van der Waals surface area contributed by atoms with Crippen LogP contribution in [0.25, 0.3) is 11.5 Å². The number of carboxylic acids is 1. The molecule has 0 bridgehead atoms. The van der Waals surface area contributed by atoms with Gasteiger partial charge in [0.2, 0.25) is 0 Å². The van der Waals surface area contributed by atoms with E-state index in [0.29, 0.717) is 22.4 Å². The summed E-state index contributed by atoms with van der Waals surface area (Å²) >= 11 is 6.35. The number of aryl methyl sites for hydroxylation is 2. The summed E-state index contributed by atoms with van der Waals surface area (Å²) in [4.78, 5) is 24.4. The fourth-order valence-corrected chi connectivity index (χ4v) is 5.10. The van der Waals surface area contributed by atoms with Gasteiger partial charge in [-0.1, -0.05) is 42.7 Å². The third-order valence-electron chi connectivity index (χ3n) is 6.68. The first-order valence-electron chi connectivity index (χ1n) is 12.6. The summed E-state index contributed by atoms with van der Waals surface area (Å²) in [5.41, 5.74) is 5.30. The minimum Gasteiger partial charge on any atom is -0.550 e. The smallest absolute Gasteiger partial charge is 0.550 e. The van der Waals surface area contributed by atoms with E-state index in [1.807, 2.05) is 42.9 Å². The summed E-state index contributed by atoms with van der Waals surface area (Å²) < 4.78 is 7.71. The number of ketones is 1. The first-order valence-corrected chi connectivity index (χ1v) is 13.0. The van der Waals surface area contributed by atoms with Gasteiger partial charge >= 0.3 is 29.6 Å². The molecule has 0 N–H and O–H groups in total. The monoisotopic (exact) mass is 533 g/mol. The van der Waals surface area contributed by atoms with Gasteiger partial charge in [0.1, 0.15) is 11.5 Å². The maximum atomic E-state index is 13.1. The summed E-state index contributed by atoms with van der Waals surface area (Å²) in [6, 6.07) is 7.68. The Labute approximate surface area is 245 Å². The Bertz CT molecular complexity index is 1260. The van der Waals surface area contributed by atoms with Crippen molar-refractivity contribution < 1.29 is 48.8 Å². The van der Waals surface area contributed by atoms with Crippen molar-refractivity contribution in [1.82, 2.24) is 14.9 Å². The van der Waals surface area contributed by atoms with Crippen LogP contribution in [0.1, 0.15) is 85.9 Å². The van der Waals surface area contributed by atoms with Crippen molar-refractivity contribution in [3.8, 4) is 11.5 Å². The number of nitrogens with zero attached hydrogens (tertiary/aromatic N) is 3. The Morgan fingerprint density at radius 3 is 2.59 bits per heavy atom. The first-order chi connectivity index (χ1) is 17.1. The van der Waals surface area contributed by atoms with Gasteiger partial charge in [0.15, 0.2) is 5.76 Å². The van der Waals surface area contributed by atoms with Crippen LogP contribution in [0.2, 0.25) is 5.02 Å². The van der Waals surface area contributed by atoms with Crippen molar-refractivity contribution >= 4 is 23.4 Å². The zero-order chi connectivity index (χ0) is 26.0. The zero-order valence-corrected chi connectivity index (χ0v) is 25.1. The molecule has 0 spiro atoms. The van der Waals surface area contributed by atoms with Gasteiger partial charge in [0.05, 0.1) is 11.4 Å². The van der Waals surface area contributed by atoms with Crippen LogP contribution in [0, 0.1) is 12.8 Å². The van der Waals surface area contributed by atoms with Crippen LogP contribution >= 0.6 is 11.6 Å². The summed E-state index contributed by atoms with van der Waals surface area (Å²) in [5.74, 6) is -0.105. The van der Waals surface area contributed by atoms with E-state index in [4.69, 9.17) is 16.1 Å². The third kappa shape index (κ3) is 7.56. The van der Waals surface area contributed by atoms with Gasteiger partial charge in [-0.2, -0.15) is 5.10 Å². The molecule has 1 aliphatic carbocycles. The van der Waals surface area contributed by atoms with Crippen LogP contribution in [0.5, 0.6) is 0 Å². The second kappa shape index (κ2) is 12.7. The predicted octanol–water partition coefficient (Wildman–Crippen LogP) is 1.93. The summed E-state index contributed by atoms with van der Waals surface area (Å²) in [5, 5.41) is 20.9. The molecule has 0 aliphatic heterocycles. The van der Waals surface area contributed by atoms with Crippen molar-refractivity contribution in [1.29, 1.82) is 0 Å². The molecule has 2 heterocycles. The molecule has 3 aromatic rings. The van der Waals surface area contributed by atoms with Crippen LogP contribution in [0.15, 0.2) is 28.8 Å². The zero-order valence-electron chi connectivity index (χ0n) is 22.3. The maximum absolute atomic E-state index is 13.1. The Balaban J connectivity index is 0.00000380. The number of carboxylic acid groups (broad SMARTS) is 1. The Kier molecular flexibility index (Phi) is 10.2. The van der Waals surface area contributed by atoms with Gasteiger partial charge < -0.3 is 14.4 Å². The average molecular weight is 534 g/mol. The van der Waals surface area contributed by atoms with E-state index in [-0.39, 0.29) is 72.9 Å². The number of carbonyl (C=O) groups excluding carboxylic acids is 2. The number of hydrogen-bond acceptors (Lipinski definition) is 6. The quantitative estimate of drug-likeness (QED) is 0.330. The van der Waals surface area contributed by atoms with E-state index >= 15 is 0 Å². The number of benzene rings is 1. The van der Waals surface area contributed by atoms with E-state index in [0.717, 1.165) is 47.3 Å². The number of hydrogen-bond donors (Lipinski definition) is 0. The van der Waals surface area contributed by atoms with Crippen LogP contribution < -0.4 is 34.7 Å². The summed E-state index contributed by atoms with van der Waals surface area (Å²) in [6.45, 7) is 6.25. The SMILES string of the molecule is Cc1ccc(CC(=O)C[C@H](CCC(=O)[O-])c2noc(-c3cc(CC(C)C)nn3C)c2C2CC2)c(Cl)c1.[Na+]. The van der Waals surface area contributed by atoms with Gasteiger partial charge in [0.25, 0.3) is 0 Å². The molecule has 7 nitrogen and oxygen atoms in total. The number of Topliss-reactive ketones (excluding diaryl/α,β-unsaturated/α-hetero) is 1. The molecule has 0 saturated heterocycles. The molecule has 37 heavy (non-hydrogen) atoms. The second-order valence-corrected chi connectivity index (χ2v) is 10.9. The second-order valence-electron chi connectivity index (χ2n) is 10.4. The molecule has 2 aromatic heterocycles. The molecular weight excluding hydrogens is 501 g/mol. The fraction of sp³-hybridized carbons (Fsp3) is 0.500. The van der Waals surface area contributed by atoms with Crippen LogP contribution in [-0.4, -0.2) is 26.7 Å². The molecular formula is C28H33ClN3NaO4. The summed E-state index contributed by atoms with van der Waals surface area (Å²) in [7, 11) is 1.89. The topological polar surface area (TPSA) is 101 Å². The van der Waals surface area contributed by atoms with Crippen molar-refractivity contribution in [2.24, 2.45) is 13.0 Å². The largest absolute Gasteiger partial charge is 1.00 e. The van der Waals surface area contributed by atoms with Gasteiger partial charge in [-0.25, -0.2) is 0 Å². The van der Waals surface area contributed by atoms with Crippen molar-refractivity contribution in [3.05, 3.63) is 57.4 Å². The van der Waals surface area contributed by atoms with E-state index in [1.54, 1.807) is 0 Å². The van der Waals surface area contributed by atoms with E-state index in [2.05, 4.69) is 24.1 Å². The van der Waals surface area contributed by atoms with Gasteiger partial charge in [0, 0.05) is 42.4 Å². The van der Waals surface area contributed by atoms with Crippen molar-refractivity contribution in [3.63, 3.8) is 0 Å². The molecule has 9 heteroatoms. The number of carbonyl (C=O) groups is 2. The number of aromatic nitrogens is 3. The number of aliphatic carboxylic acids is 1. The standard InChI is InChI=1S/C28H34ClN3O4.Na/c1-16(2)11-21-15-24(32(4)30-21)28-26(18-7-8-18)27(31-36-28)20(9-10-25(34)35)14-22(33)13-19-6-5-17(3)12-23(19)29;/h5-6,12,15-16,18,20H,7-11,13-14H2,1-4H3,(H,34,35);/q;+1/p-1/t20-;/m0./s1. The Morgan fingerprint density at radius 2 is 1.97 bits per heavy atom. The molecule has 1 saturated carbocycles. The fourth-order valence-electron chi connectivity index (χ4n) is 4.80. The molecule has 1 aromatic carbocycles. The molecule has 0 radical (unpaired) electrons. The van der Waals surface area contributed by atoms with Gasteiger partial charge in [-0.3, -0.25) is 9.48 Å². The Morgan fingerprint density at radius 1 is 1.24 bits per heavy atom. The van der Waals surface area contributed by atoms with Crippen LogP contribution in [-0.2, 0) is 29.5 Å². The molecule has 192 valence electrons. The molecule has 1 aliphatic rings. The summed E-state index contributed by atoms with van der Waals surface area (Å²) in [6.07, 6.45) is 3.33. The van der Waals surface area contributed by atoms with Gasteiger partial charge in [-0.15, -0.1) is 0 Å². The van der Waals surface area contributed by atoms with Crippen molar-refractivity contribution in [2.75, 3.05) is 0 Å². The maximum Gasteiger partial charge on any atom is 1.00 e. The molecule has 0 amide bonds.